The first-order chi connectivity index (χ1) is 14.2. The molecule has 9 nitrogen and oxygen atoms in total. The maximum absolute atomic E-state index is 6.93. The number of rotatable bonds is 5. The van der Waals surface area contributed by atoms with Gasteiger partial charge in [-0.15, -0.1) is 4.98 Å². The van der Waals surface area contributed by atoms with Gasteiger partial charge in [-0.1, -0.05) is 6.57 Å². The molecule has 1 aromatic carbocycles. The molecule has 1 saturated heterocycles. The van der Waals surface area contributed by atoms with Gasteiger partial charge >= 0.3 is 0 Å². The van der Waals surface area contributed by atoms with Crippen LogP contribution in [-0.4, -0.2) is 53.0 Å². The zero-order chi connectivity index (χ0) is 20.2. The molecule has 9 heteroatoms. The van der Waals surface area contributed by atoms with Crippen molar-refractivity contribution >= 4 is 23.1 Å². The smallest absolute Gasteiger partial charge is 0.288 e. The second kappa shape index (κ2) is 8.16. The van der Waals surface area contributed by atoms with Gasteiger partial charge in [0.15, 0.2) is 17.8 Å². The maximum Gasteiger partial charge on any atom is 0.288 e. The molecule has 0 amide bonds. The van der Waals surface area contributed by atoms with Crippen LogP contribution < -0.4 is 20.3 Å². The molecular formula is C20H22N8O. The average Bonchev–Trinajstić information content (AvgIpc) is 3.22. The van der Waals surface area contributed by atoms with Crippen molar-refractivity contribution in [1.29, 1.82) is 0 Å². The third-order valence-electron chi connectivity index (χ3n) is 4.80. The Morgan fingerprint density at radius 2 is 2.14 bits per heavy atom. The fourth-order valence-corrected chi connectivity index (χ4v) is 3.36. The van der Waals surface area contributed by atoms with Gasteiger partial charge in [0.25, 0.3) is 5.82 Å². The van der Waals surface area contributed by atoms with Gasteiger partial charge in [-0.25, -0.2) is 4.98 Å². The summed E-state index contributed by atoms with van der Waals surface area (Å²) in [5.41, 5.74) is 2.90. The molecule has 0 radical (unpaired) electrons. The highest BCUT2D eigenvalue weighted by Crippen LogP contribution is 2.34. The highest BCUT2D eigenvalue weighted by atomic mass is 16.5. The molecule has 1 aliphatic rings. The number of anilines is 3. The van der Waals surface area contributed by atoms with Crippen LogP contribution in [0.5, 0.6) is 5.75 Å². The van der Waals surface area contributed by atoms with Gasteiger partial charge < -0.3 is 25.1 Å². The number of benzene rings is 1. The molecule has 0 spiro atoms. The minimum absolute atomic E-state index is 0.252. The van der Waals surface area contributed by atoms with E-state index in [4.69, 9.17) is 11.3 Å². The van der Waals surface area contributed by atoms with Crippen molar-refractivity contribution in [3.8, 4) is 17.0 Å². The van der Waals surface area contributed by atoms with Crippen LogP contribution in [0.1, 0.15) is 6.92 Å². The van der Waals surface area contributed by atoms with Crippen LogP contribution in [0.15, 0.2) is 36.7 Å². The molecule has 0 bridgehead atoms. The number of nitrogens with one attached hydrogen (secondary N) is 3. The van der Waals surface area contributed by atoms with Gasteiger partial charge in [0, 0.05) is 49.1 Å². The van der Waals surface area contributed by atoms with E-state index >= 15 is 0 Å². The second-order valence-corrected chi connectivity index (χ2v) is 6.85. The first kappa shape index (κ1) is 18.7. The van der Waals surface area contributed by atoms with E-state index in [0.29, 0.717) is 17.7 Å². The Kier molecular flexibility index (Phi) is 5.27. The van der Waals surface area contributed by atoms with E-state index in [2.05, 4.69) is 59.6 Å². The molecule has 1 atom stereocenters. The molecular weight excluding hydrogens is 368 g/mol. The third-order valence-corrected chi connectivity index (χ3v) is 4.80. The normalized spacial score (nSPS) is 16.3. The van der Waals surface area contributed by atoms with Crippen molar-refractivity contribution in [2.24, 2.45) is 0 Å². The number of piperazine rings is 1. The van der Waals surface area contributed by atoms with E-state index in [1.54, 1.807) is 7.11 Å². The molecule has 0 saturated carbocycles. The molecule has 3 aromatic rings. The number of H-pyrrole nitrogens is 1. The van der Waals surface area contributed by atoms with Gasteiger partial charge in [-0.2, -0.15) is 5.10 Å². The maximum atomic E-state index is 6.93. The molecule has 0 unspecified atom stereocenters. The third kappa shape index (κ3) is 4.12. The van der Waals surface area contributed by atoms with Crippen molar-refractivity contribution in [2.75, 3.05) is 37.0 Å². The standard InChI is InChI=1S/C20H22N8O/c1-13-12-28(7-6-22-13)14-4-5-15(17(8-14)29-3)16-9-18(27-26-16)25-20-11-23-19(21-2)10-24-20/h4-5,8-11,13,22H,6-7,12H2,1,3H3,(H2,24,25,26,27)/t13-/m1/s1. The van der Waals surface area contributed by atoms with Crippen LogP contribution >= 0.6 is 0 Å². The van der Waals surface area contributed by atoms with Crippen molar-refractivity contribution in [1.82, 2.24) is 25.5 Å². The molecule has 3 heterocycles. The molecule has 0 aliphatic carbocycles. The van der Waals surface area contributed by atoms with Crippen LogP contribution in [-0.2, 0) is 0 Å². The highest BCUT2D eigenvalue weighted by molar-refractivity contribution is 5.73. The van der Waals surface area contributed by atoms with Gasteiger partial charge in [0.05, 0.1) is 19.0 Å². The molecule has 2 aromatic heterocycles. The highest BCUT2D eigenvalue weighted by Gasteiger charge is 2.18. The summed E-state index contributed by atoms with van der Waals surface area (Å²) in [6.07, 6.45) is 2.92. The topological polar surface area (TPSA) is 95.3 Å². The van der Waals surface area contributed by atoms with Gasteiger partial charge in [-0.05, 0) is 19.1 Å². The lowest BCUT2D eigenvalue weighted by molar-refractivity contribution is 0.415. The van der Waals surface area contributed by atoms with Crippen molar-refractivity contribution < 1.29 is 4.74 Å². The van der Waals surface area contributed by atoms with E-state index in [1.165, 1.54) is 12.4 Å². The summed E-state index contributed by atoms with van der Waals surface area (Å²) >= 11 is 0. The molecule has 148 valence electrons. The molecule has 4 rings (SSSR count). The molecule has 1 aliphatic heterocycles. The zero-order valence-electron chi connectivity index (χ0n) is 16.3. The van der Waals surface area contributed by atoms with Crippen molar-refractivity contribution in [3.05, 3.63) is 48.1 Å². The number of hydrogen-bond donors (Lipinski definition) is 3. The fourth-order valence-electron chi connectivity index (χ4n) is 3.36. The number of ether oxygens (including phenoxy) is 1. The van der Waals surface area contributed by atoms with Gasteiger partial charge in [0.2, 0.25) is 0 Å². The Labute approximate surface area is 169 Å². The quantitative estimate of drug-likeness (QED) is 0.577. The zero-order valence-corrected chi connectivity index (χ0v) is 16.3. The van der Waals surface area contributed by atoms with Crippen LogP contribution in [0, 0.1) is 6.57 Å². The summed E-state index contributed by atoms with van der Waals surface area (Å²) in [5, 5.41) is 13.9. The van der Waals surface area contributed by atoms with E-state index < -0.39 is 0 Å². The largest absolute Gasteiger partial charge is 0.496 e. The van der Waals surface area contributed by atoms with Gasteiger partial charge in [0.1, 0.15) is 5.75 Å². The number of hydrogen-bond acceptors (Lipinski definition) is 7. The van der Waals surface area contributed by atoms with Crippen LogP contribution in [0.3, 0.4) is 0 Å². The molecule has 29 heavy (non-hydrogen) atoms. The predicted molar refractivity (Wildman–Crippen MR) is 112 cm³/mol. The monoisotopic (exact) mass is 390 g/mol. The van der Waals surface area contributed by atoms with Crippen LogP contribution in [0.2, 0.25) is 0 Å². The number of aromatic nitrogens is 4. The summed E-state index contributed by atoms with van der Waals surface area (Å²) in [4.78, 5) is 13.7. The Morgan fingerprint density at radius 1 is 1.24 bits per heavy atom. The minimum atomic E-state index is 0.252. The first-order valence-corrected chi connectivity index (χ1v) is 9.35. The summed E-state index contributed by atoms with van der Waals surface area (Å²) in [6.45, 7) is 12.0. The fraction of sp³-hybridized carbons (Fsp3) is 0.300. The summed E-state index contributed by atoms with van der Waals surface area (Å²) < 4.78 is 5.65. The number of methoxy groups -OCH3 is 1. The lowest BCUT2D eigenvalue weighted by Crippen LogP contribution is -2.49. The van der Waals surface area contributed by atoms with Crippen molar-refractivity contribution in [2.45, 2.75) is 13.0 Å². The first-order valence-electron chi connectivity index (χ1n) is 9.35. The minimum Gasteiger partial charge on any atom is -0.496 e. The average molecular weight is 390 g/mol. The lowest BCUT2D eigenvalue weighted by Gasteiger charge is -2.34. The molecule has 1 fully saturated rings. The van der Waals surface area contributed by atoms with Crippen LogP contribution in [0.25, 0.3) is 16.1 Å². The Hall–Kier alpha value is -3.64. The van der Waals surface area contributed by atoms with E-state index in [9.17, 15) is 0 Å². The number of aromatic amines is 1. The summed E-state index contributed by atoms with van der Waals surface area (Å²) in [5.74, 6) is 2.16. The second-order valence-electron chi connectivity index (χ2n) is 6.85. The summed E-state index contributed by atoms with van der Waals surface area (Å²) in [7, 11) is 1.67. The molecule has 3 N–H and O–H groups in total. The Bertz CT molecular complexity index is 1020. The van der Waals surface area contributed by atoms with E-state index in [-0.39, 0.29) is 5.82 Å². The summed E-state index contributed by atoms with van der Waals surface area (Å²) in [6, 6.07) is 8.56. The Balaban J connectivity index is 1.54. The van der Waals surface area contributed by atoms with Gasteiger partial charge in [-0.3, -0.25) is 5.10 Å². The van der Waals surface area contributed by atoms with E-state index in [1.807, 2.05) is 12.1 Å². The predicted octanol–water partition coefficient (Wildman–Crippen LogP) is 2.97. The van der Waals surface area contributed by atoms with Crippen LogP contribution in [0.4, 0.5) is 23.1 Å². The number of nitrogens with zero attached hydrogens (tertiary/aromatic N) is 5. The SMILES string of the molecule is [C-]#[N+]c1cnc(Nc2cc(-c3ccc(N4CCN[C@H](C)C4)cc3OC)[nH]n2)cn1. The van der Waals surface area contributed by atoms with E-state index in [0.717, 1.165) is 42.3 Å². The Morgan fingerprint density at radius 3 is 2.86 bits per heavy atom. The lowest BCUT2D eigenvalue weighted by atomic mass is 10.1. The van der Waals surface area contributed by atoms with Crippen molar-refractivity contribution in [3.63, 3.8) is 0 Å².